The lowest BCUT2D eigenvalue weighted by Crippen LogP contribution is -2.16. The SMILES string of the molecule is C=CCC1CCC(C2=CC[CH]CC2)CC1. The fourth-order valence-electron chi connectivity index (χ4n) is 3.10. The molecule has 0 heteroatoms. The first-order chi connectivity index (χ1) is 7.40. The number of allylic oxidation sites excluding steroid dienone is 3. The van der Waals surface area contributed by atoms with Gasteiger partial charge in [-0.1, -0.05) is 17.7 Å². The molecule has 0 spiro atoms. The van der Waals surface area contributed by atoms with Crippen LogP contribution in [0.3, 0.4) is 0 Å². The van der Waals surface area contributed by atoms with Crippen LogP contribution >= 0.6 is 0 Å². The average molecular weight is 203 g/mol. The van der Waals surface area contributed by atoms with E-state index in [1.165, 1.54) is 51.4 Å². The van der Waals surface area contributed by atoms with Gasteiger partial charge in [-0.15, -0.1) is 6.58 Å². The number of hydrogen-bond donors (Lipinski definition) is 0. The second kappa shape index (κ2) is 5.53. The molecule has 1 saturated carbocycles. The maximum absolute atomic E-state index is 3.85. The molecule has 0 amide bonds. The second-order valence-corrected chi connectivity index (χ2v) is 5.08. The largest absolute Gasteiger partial charge is 0.103 e. The van der Waals surface area contributed by atoms with E-state index in [9.17, 15) is 0 Å². The van der Waals surface area contributed by atoms with Gasteiger partial charge in [0.15, 0.2) is 0 Å². The molecule has 0 nitrogen and oxygen atoms in total. The summed E-state index contributed by atoms with van der Waals surface area (Å²) in [5.41, 5.74) is 1.77. The molecule has 0 aromatic carbocycles. The molecule has 0 saturated heterocycles. The first-order valence-corrected chi connectivity index (χ1v) is 6.51. The van der Waals surface area contributed by atoms with Gasteiger partial charge in [0.25, 0.3) is 0 Å². The summed E-state index contributed by atoms with van der Waals surface area (Å²) in [5, 5.41) is 0. The molecular weight excluding hydrogens is 180 g/mol. The highest BCUT2D eigenvalue weighted by Gasteiger charge is 2.23. The molecule has 0 atom stereocenters. The van der Waals surface area contributed by atoms with Crippen molar-refractivity contribution in [1.82, 2.24) is 0 Å². The third-order valence-electron chi connectivity index (χ3n) is 4.05. The Morgan fingerprint density at radius 2 is 2.07 bits per heavy atom. The zero-order valence-corrected chi connectivity index (χ0v) is 9.75. The molecule has 0 bridgehead atoms. The Balaban J connectivity index is 1.82. The summed E-state index contributed by atoms with van der Waals surface area (Å²) in [5.74, 6) is 1.87. The molecule has 0 unspecified atom stereocenters. The summed E-state index contributed by atoms with van der Waals surface area (Å²) >= 11 is 0. The average Bonchev–Trinajstić information content (AvgIpc) is 2.32. The monoisotopic (exact) mass is 203 g/mol. The molecule has 0 N–H and O–H groups in total. The topological polar surface area (TPSA) is 0 Å². The molecule has 0 heterocycles. The highest BCUT2D eigenvalue weighted by atomic mass is 14.3. The summed E-state index contributed by atoms with van der Waals surface area (Å²) in [6, 6.07) is 0. The van der Waals surface area contributed by atoms with Crippen molar-refractivity contribution in [3.05, 3.63) is 30.7 Å². The molecule has 1 fully saturated rings. The van der Waals surface area contributed by atoms with Crippen LogP contribution in [0.4, 0.5) is 0 Å². The smallest absolute Gasteiger partial charge is 0.0203 e. The van der Waals surface area contributed by atoms with Gasteiger partial charge in [0, 0.05) is 0 Å². The molecule has 15 heavy (non-hydrogen) atoms. The molecular formula is C15H23. The highest BCUT2D eigenvalue weighted by molar-refractivity contribution is 5.13. The van der Waals surface area contributed by atoms with Crippen LogP contribution in [0.25, 0.3) is 0 Å². The Morgan fingerprint density at radius 1 is 1.27 bits per heavy atom. The minimum atomic E-state index is 0.930. The van der Waals surface area contributed by atoms with Crippen molar-refractivity contribution in [2.75, 3.05) is 0 Å². The predicted octanol–water partition coefficient (Wildman–Crippen LogP) is 4.68. The normalized spacial score (nSPS) is 32.1. The number of hydrogen-bond acceptors (Lipinski definition) is 0. The Bertz CT molecular complexity index is 228. The van der Waals surface area contributed by atoms with Gasteiger partial charge in [0.05, 0.1) is 0 Å². The standard InChI is InChI=1S/C15H23/c1-2-6-13-9-11-15(12-10-13)14-7-4-3-5-8-14/h2-3,7,13,15H,1,4-6,8-12H2. The maximum atomic E-state index is 3.85. The molecule has 0 aliphatic heterocycles. The third-order valence-corrected chi connectivity index (χ3v) is 4.05. The minimum absolute atomic E-state index is 0.930. The van der Waals surface area contributed by atoms with Crippen molar-refractivity contribution in [1.29, 1.82) is 0 Å². The van der Waals surface area contributed by atoms with Crippen molar-refractivity contribution in [2.45, 2.75) is 51.4 Å². The maximum Gasteiger partial charge on any atom is -0.0203 e. The van der Waals surface area contributed by atoms with Crippen molar-refractivity contribution in [2.24, 2.45) is 11.8 Å². The number of rotatable bonds is 3. The van der Waals surface area contributed by atoms with E-state index in [4.69, 9.17) is 0 Å². The van der Waals surface area contributed by atoms with E-state index < -0.39 is 0 Å². The fraction of sp³-hybridized carbons (Fsp3) is 0.667. The Labute approximate surface area is 94.5 Å². The van der Waals surface area contributed by atoms with Gasteiger partial charge in [-0.25, -0.2) is 0 Å². The minimum Gasteiger partial charge on any atom is -0.103 e. The Morgan fingerprint density at radius 3 is 2.67 bits per heavy atom. The van der Waals surface area contributed by atoms with E-state index in [1.807, 2.05) is 0 Å². The van der Waals surface area contributed by atoms with Gasteiger partial charge in [-0.05, 0) is 69.6 Å². The zero-order valence-electron chi connectivity index (χ0n) is 9.75. The lowest BCUT2D eigenvalue weighted by atomic mass is 9.75. The van der Waals surface area contributed by atoms with Crippen LogP contribution in [0.15, 0.2) is 24.3 Å². The molecule has 83 valence electrons. The van der Waals surface area contributed by atoms with Crippen molar-refractivity contribution in [3.63, 3.8) is 0 Å². The lowest BCUT2D eigenvalue weighted by molar-refractivity contribution is 0.298. The molecule has 2 rings (SSSR count). The Kier molecular flexibility index (Phi) is 4.05. The summed E-state index contributed by atoms with van der Waals surface area (Å²) in [4.78, 5) is 0. The summed E-state index contributed by atoms with van der Waals surface area (Å²) < 4.78 is 0. The van der Waals surface area contributed by atoms with Crippen LogP contribution in [0.1, 0.15) is 51.4 Å². The van der Waals surface area contributed by atoms with Gasteiger partial charge in [0.1, 0.15) is 0 Å². The van der Waals surface area contributed by atoms with Gasteiger partial charge in [-0.2, -0.15) is 0 Å². The predicted molar refractivity (Wildman–Crippen MR) is 66.5 cm³/mol. The van der Waals surface area contributed by atoms with E-state index in [-0.39, 0.29) is 0 Å². The highest BCUT2D eigenvalue weighted by Crippen LogP contribution is 2.37. The van der Waals surface area contributed by atoms with Gasteiger partial charge in [-0.3, -0.25) is 0 Å². The third kappa shape index (κ3) is 2.96. The summed E-state index contributed by atoms with van der Waals surface area (Å²) in [7, 11) is 0. The Hall–Kier alpha value is -0.520. The van der Waals surface area contributed by atoms with Crippen molar-refractivity contribution in [3.8, 4) is 0 Å². The lowest BCUT2D eigenvalue weighted by Gasteiger charge is -2.31. The second-order valence-electron chi connectivity index (χ2n) is 5.08. The van der Waals surface area contributed by atoms with E-state index in [0.29, 0.717) is 0 Å². The van der Waals surface area contributed by atoms with E-state index in [2.05, 4.69) is 25.2 Å². The molecule has 2 aliphatic rings. The van der Waals surface area contributed by atoms with Crippen LogP contribution in [-0.4, -0.2) is 0 Å². The van der Waals surface area contributed by atoms with Crippen molar-refractivity contribution >= 4 is 0 Å². The summed E-state index contributed by atoms with van der Waals surface area (Å²) in [6.07, 6.45) is 17.8. The molecule has 1 radical (unpaired) electrons. The van der Waals surface area contributed by atoms with E-state index in [1.54, 1.807) is 5.57 Å². The molecule has 0 aromatic rings. The van der Waals surface area contributed by atoms with Gasteiger partial charge >= 0.3 is 0 Å². The van der Waals surface area contributed by atoms with Gasteiger partial charge in [0.2, 0.25) is 0 Å². The zero-order chi connectivity index (χ0) is 10.5. The van der Waals surface area contributed by atoms with Crippen LogP contribution in [0, 0.1) is 18.3 Å². The first-order valence-electron chi connectivity index (χ1n) is 6.51. The van der Waals surface area contributed by atoms with Crippen molar-refractivity contribution < 1.29 is 0 Å². The van der Waals surface area contributed by atoms with Crippen LogP contribution in [0.2, 0.25) is 0 Å². The van der Waals surface area contributed by atoms with E-state index >= 15 is 0 Å². The van der Waals surface area contributed by atoms with E-state index in [0.717, 1.165) is 11.8 Å². The molecule has 2 aliphatic carbocycles. The van der Waals surface area contributed by atoms with Crippen LogP contribution in [0.5, 0.6) is 0 Å². The summed E-state index contributed by atoms with van der Waals surface area (Å²) in [6.45, 7) is 3.85. The molecule has 0 aromatic heterocycles. The van der Waals surface area contributed by atoms with Crippen LogP contribution < -0.4 is 0 Å². The fourth-order valence-corrected chi connectivity index (χ4v) is 3.10. The van der Waals surface area contributed by atoms with Gasteiger partial charge < -0.3 is 0 Å². The first kappa shape index (κ1) is 11.0. The quantitative estimate of drug-likeness (QED) is 0.584. The van der Waals surface area contributed by atoms with Crippen LogP contribution in [-0.2, 0) is 0 Å².